The molecule has 0 aliphatic heterocycles. The first-order valence-corrected chi connectivity index (χ1v) is 8.37. The highest BCUT2D eigenvalue weighted by Gasteiger charge is 2.20. The molecule has 23 heavy (non-hydrogen) atoms. The molecule has 0 aliphatic carbocycles. The third-order valence-electron chi connectivity index (χ3n) is 3.66. The average Bonchev–Trinajstić information content (AvgIpc) is 2.86. The van der Waals surface area contributed by atoms with E-state index in [2.05, 4.69) is 55.2 Å². The second-order valence-corrected chi connectivity index (χ2v) is 7.78. The lowest BCUT2D eigenvalue weighted by molar-refractivity contribution is -0.139. The Hall–Kier alpha value is -1.82. The Morgan fingerprint density at radius 1 is 1.22 bits per heavy atom. The first kappa shape index (κ1) is 17.5. The van der Waals surface area contributed by atoms with Crippen molar-refractivity contribution in [1.29, 1.82) is 0 Å². The molecule has 1 heterocycles. The SMILES string of the molecule is COC(=O)C(C)Sc1nnc(-c2ccc(C(C)(C)C)cc2)n1C. The van der Waals surface area contributed by atoms with E-state index in [1.807, 2.05) is 11.6 Å². The van der Waals surface area contributed by atoms with Crippen LogP contribution in [-0.2, 0) is 22.0 Å². The van der Waals surface area contributed by atoms with Crippen molar-refractivity contribution in [2.45, 2.75) is 43.5 Å². The van der Waals surface area contributed by atoms with Crippen LogP contribution in [0.5, 0.6) is 0 Å². The first-order valence-electron chi connectivity index (χ1n) is 7.49. The summed E-state index contributed by atoms with van der Waals surface area (Å²) in [5, 5.41) is 8.82. The van der Waals surface area contributed by atoms with Gasteiger partial charge < -0.3 is 9.30 Å². The predicted molar refractivity (Wildman–Crippen MR) is 92.5 cm³/mol. The van der Waals surface area contributed by atoms with Crippen molar-refractivity contribution in [2.24, 2.45) is 7.05 Å². The minimum absolute atomic E-state index is 0.120. The fourth-order valence-corrected chi connectivity index (χ4v) is 3.00. The quantitative estimate of drug-likeness (QED) is 0.634. The maximum absolute atomic E-state index is 11.5. The van der Waals surface area contributed by atoms with Gasteiger partial charge in [0.2, 0.25) is 0 Å². The van der Waals surface area contributed by atoms with Crippen LogP contribution in [0.1, 0.15) is 33.3 Å². The van der Waals surface area contributed by atoms with Gasteiger partial charge in [0.15, 0.2) is 11.0 Å². The number of hydrogen-bond donors (Lipinski definition) is 0. The maximum atomic E-state index is 11.5. The Labute approximate surface area is 141 Å². The maximum Gasteiger partial charge on any atom is 0.318 e. The number of carbonyl (C=O) groups excluding carboxylic acids is 1. The minimum Gasteiger partial charge on any atom is -0.468 e. The van der Waals surface area contributed by atoms with Crippen LogP contribution in [-0.4, -0.2) is 33.1 Å². The Kier molecular flexibility index (Phi) is 5.14. The number of aromatic nitrogens is 3. The van der Waals surface area contributed by atoms with E-state index >= 15 is 0 Å². The Bertz CT molecular complexity index is 687. The molecule has 6 heteroatoms. The lowest BCUT2D eigenvalue weighted by Crippen LogP contribution is -2.15. The van der Waals surface area contributed by atoms with E-state index in [-0.39, 0.29) is 16.6 Å². The van der Waals surface area contributed by atoms with E-state index in [4.69, 9.17) is 4.74 Å². The minimum atomic E-state index is -0.320. The third kappa shape index (κ3) is 3.93. The first-order chi connectivity index (χ1) is 10.7. The topological polar surface area (TPSA) is 57.0 Å². The van der Waals surface area contributed by atoms with Crippen molar-refractivity contribution in [2.75, 3.05) is 7.11 Å². The number of esters is 1. The molecule has 0 radical (unpaired) electrons. The number of benzene rings is 1. The van der Waals surface area contributed by atoms with Gasteiger partial charge in [-0.3, -0.25) is 4.79 Å². The molecule has 0 amide bonds. The second kappa shape index (κ2) is 6.74. The van der Waals surface area contributed by atoms with Gasteiger partial charge in [-0.1, -0.05) is 56.8 Å². The molecule has 5 nitrogen and oxygen atoms in total. The summed E-state index contributed by atoms with van der Waals surface area (Å²) < 4.78 is 6.64. The van der Waals surface area contributed by atoms with Gasteiger partial charge in [0.1, 0.15) is 5.25 Å². The number of rotatable bonds is 4. The summed E-state index contributed by atoms with van der Waals surface area (Å²) in [6.07, 6.45) is 0. The second-order valence-electron chi connectivity index (χ2n) is 6.48. The van der Waals surface area contributed by atoms with Gasteiger partial charge >= 0.3 is 5.97 Å². The lowest BCUT2D eigenvalue weighted by Gasteiger charge is -2.19. The normalized spacial score (nSPS) is 13.0. The number of nitrogens with zero attached hydrogens (tertiary/aromatic N) is 3. The smallest absolute Gasteiger partial charge is 0.318 e. The van der Waals surface area contributed by atoms with Crippen LogP contribution in [0, 0.1) is 0 Å². The van der Waals surface area contributed by atoms with Crippen LogP contribution in [0.3, 0.4) is 0 Å². The molecule has 0 bridgehead atoms. The van der Waals surface area contributed by atoms with E-state index < -0.39 is 0 Å². The van der Waals surface area contributed by atoms with Crippen molar-refractivity contribution in [1.82, 2.24) is 14.8 Å². The standard InChI is InChI=1S/C17H23N3O2S/c1-11(15(21)22-6)23-16-19-18-14(20(16)5)12-7-9-13(10-8-12)17(2,3)4/h7-11H,1-6H3. The summed E-state index contributed by atoms with van der Waals surface area (Å²) in [4.78, 5) is 11.5. The highest BCUT2D eigenvalue weighted by molar-refractivity contribution is 8.00. The van der Waals surface area contributed by atoms with E-state index in [0.29, 0.717) is 5.16 Å². The fourth-order valence-electron chi connectivity index (χ4n) is 2.16. The highest BCUT2D eigenvalue weighted by atomic mass is 32.2. The molecule has 0 N–H and O–H groups in total. The molecule has 0 aliphatic rings. The highest BCUT2D eigenvalue weighted by Crippen LogP contribution is 2.28. The van der Waals surface area contributed by atoms with Gasteiger partial charge in [0.25, 0.3) is 0 Å². The summed E-state index contributed by atoms with van der Waals surface area (Å²) in [6.45, 7) is 8.36. The molecule has 1 aromatic heterocycles. The van der Waals surface area contributed by atoms with Crippen molar-refractivity contribution in [3.63, 3.8) is 0 Å². The zero-order valence-corrected chi connectivity index (χ0v) is 15.3. The molecular formula is C17H23N3O2S. The van der Waals surface area contributed by atoms with Gasteiger partial charge in [-0.2, -0.15) is 0 Å². The Morgan fingerprint density at radius 3 is 2.35 bits per heavy atom. The van der Waals surface area contributed by atoms with Gasteiger partial charge in [-0.05, 0) is 17.9 Å². The molecule has 1 aromatic carbocycles. The van der Waals surface area contributed by atoms with Crippen LogP contribution in [0.4, 0.5) is 0 Å². The number of carbonyl (C=O) groups is 1. The summed E-state index contributed by atoms with van der Waals surface area (Å²) in [5.74, 6) is 0.513. The zero-order valence-electron chi connectivity index (χ0n) is 14.5. The number of ether oxygens (including phenoxy) is 1. The molecule has 0 fully saturated rings. The molecule has 0 saturated heterocycles. The van der Waals surface area contributed by atoms with Gasteiger partial charge in [-0.15, -0.1) is 10.2 Å². The molecule has 1 unspecified atom stereocenters. The van der Waals surface area contributed by atoms with Crippen LogP contribution < -0.4 is 0 Å². The number of methoxy groups -OCH3 is 1. The molecule has 0 spiro atoms. The van der Waals surface area contributed by atoms with Gasteiger partial charge in [0, 0.05) is 12.6 Å². The van der Waals surface area contributed by atoms with Crippen LogP contribution in [0.2, 0.25) is 0 Å². The van der Waals surface area contributed by atoms with E-state index in [0.717, 1.165) is 11.4 Å². The third-order valence-corrected chi connectivity index (χ3v) is 4.77. The monoisotopic (exact) mass is 333 g/mol. The van der Waals surface area contributed by atoms with Gasteiger partial charge in [-0.25, -0.2) is 0 Å². The van der Waals surface area contributed by atoms with E-state index in [1.54, 1.807) is 6.92 Å². The number of thioether (sulfide) groups is 1. The van der Waals surface area contributed by atoms with Crippen LogP contribution >= 0.6 is 11.8 Å². The van der Waals surface area contributed by atoms with Gasteiger partial charge in [0.05, 0.1) is 7.11 Å². The molecule has 0 saturated carbocycles. The van der Waals surface area contributed by atoms with Crippen molar-refractivity contribution >= 4 is 17.7 Å². The van der Waals surface area contributed by atoms with Crippen molar-refractivity contribution in [3.8, 4) is 11.4 Å². The molecule has 1 atom stereocenters. The Balaban J connectivity index is 2.24. The van der Waals surface area contributed by atoms with Crippen molar-refractivity contribution in [3.05, 3.63) is 29.8 Å². The molecule has 2 rings (SSSR count). The Morgan fingerprint density at radius 2 is 1.83 bits per heavy atom. The van der Waals surface area contributed by atoms with Crippen molar-refractivity contribution < 1.29 is 9.53 Å². The van der Waals surface area contributed by atoms with Crippen LogP contribution in [0.15, 0.2) is 29.4 Å². The summed E-state index contributed by atoms with van der Waals surface area (Å²) >= 11 is 1.34. The number of hydrogen-bond acceptors (Lipinski definition) is 5. The predicted octanol–water partition coefficient (Wildman–Crippen LogP) is 3.43. The largest absolute Gasteiger partial charge is 0.468 e. The van der Waals surface area contributed by atoms with E-state index in [9.17, 15) is 4.79 Å². The molecule has 124 valence electrons. The summed E-state index contributed by atoms with van der Waals surface area (Å²) in [5.41, 5.74) is 2.40. The fraction of sp³-hybridized carbons (Fsp3) is 0.471. The summed E-state index contributed by atoms with van der Waals surface area (Å²) in [7, 11) is 3.29. The lowest BCUT2D eigenvalue weighted by atomic mass is 9.87. The zero-order chi connectivity index (χ0) is 17.2. The van der Waals surface area contributed by atoms with Crippen LogP contribution in [0.25, 0.3) is 11.4 Å². The molecular weight excluding hydrogens is 310 g/mol. The van der Waals surface area contributed by atoms with E-state index in [1.165, 1.54) is 24.4 Å². The average molecular weight is 333 g/mol. The molecule has 2 aromatic rings. The summed E-state index contributed by atoms with van der Waals surface area (Å²) in [6, 6.07) is 8.35.